The molecule has 0 aliphatic carbocycles. The van der Waals surface area contributed by atoms with E-state index in [1.807, 2.05) is 0 Å². The third-order valence-corrected chi connectivity index (χ3v) is 7.11. The molecule has 3 rings (SSSR count). The molecule has 0 amide bonds. The van der Waals surface area contributed by atoms with E-state index in [1.165, 1.54) is 23.6 Å². The fourth-order valence-corrected chi connectivity index (χ4v) is 6.16. The van der Waals surface area contributed by atoms with Gasteiger partial charge < -0.3 is 4.90 Å². The summed E-state index contributed by atoms with van der Waals surface area (Å²) in [6, 6.07) is 22.9. The third kappa shape index (κ3) is 2.80. The predicted molar refractivity (Wildman–Crippen MR) is 89.6 cm³/mol. The predicted octanol–water partition coefficient (Wildman–Crippen LogP) is 3.21. The summed E-state index contributed by atoms with van der Waals surface area (Å²) >= 11 is 0. The van der Waals surface area contributed by atoms with Crippen molar-refractivity contribution in [1.29, 1.82) is 0 Å². The second-order valence-corrected chi connectivity index (χ2v) is 8.22. The molecule has 1 heterocycles. The first kappa shape index (κ1) is 13.8. The Morgan fingerprint density at radius 2 is 1.40 bits per heavy atom. The number of nitrogens with zero attached hydrogens (tertiary/aromatic N) is 1. The molecule has 2 heteroatoms. The van der Waals surface area contributed by atoms with Gasteiger partial charge in [-0.2, -0.15) is 0 Å². The summed E-state index contributed by atoms with van der Waals surface area (Å²) in [6.45, 7) is 3.57. The maximum atomic E-state index is 2.51. The monoisotopic (exact) mass is 283 g/mol. The highest BCUT2D eigenvalue weighted by molar-refractivity contribution is 7.73. The van der Waals surface area contributed by atoms with E-state index in [2.05, 4.69) is 79.5 Å². The molecule has 2 atom stereocenters. The van der Waals surface area contributed by atoms with Crippen LogP contribution in [0.5, 0.6) is 0 Å². The van der Waals surface area contributed by atoms with E-state index < -0.39 is 0 Å². The molecule has 0 saturated carbocycles. The van der Waals surface area contributed by atoms with Crippen LogP contribution in [0.15, 0.2) is 60.7 Å². The lowest BCUT2D eigenvalue weighted by Gasteiger charge is -2.25. The van der Waals surface area contributed by atoms with Crippen LogP contribution in [-0.4, -0.2) is 30.2 Å². The van der Waals surface area contributed by atoms with E-state index in [0.717, 1.165) is 5.66 Å². The van der Waals surface area contributed by atoms with Gasteiger partial charge in [0.15, 0.2) is 0 Å². The van der Waals surface area contributed by atoms with E-state index in [4.69, 9.17) is 0 Å². The van der Waals surface area contributed by atoms with Crippen LogP contribution in [0.25, 0.3) is 0 Å². The van der Waals surface area contributed by atoms with Gasteiger partial charge in [-0.25, -0.2) is 0 Å². The average Bonchev–Trinajstić information content (AvgIpc) is 2.81. The summed E-state index contributed by atoms with van der Waals surface area (Å²) in [7, 11) is 2.01. The molecule has 1 saturated heterocycles. The molecule has 2 unspecified atom stereocenters. The van der Waals surface area contributed by atoms with Crippen LogP contribution in [0.1, 0.15) is 13.3 Å². The molecular formula is C18H22NP. The lowest BCUT2D eigenvalue weighted by Crippen LogP contribution is -2.25. The van der Waals surface area contributed by atoms with Crippen molar-refractivity contribution in [2.24, 2.45) is 0 Å². The summed E-state index contributed by atoms with van der Waals surface area (Å²) in [5.74, 6) is 0. The number of benzene rings is 2. The largest absolute Gasteiger partial charge is 0.303 e. The van der Waals surface area contributed by atoms with Crippen LogP contribution in [0.3, 0.4) is 0 Å². The van der Waals surface area contributed by atoms with Crippen molar-refractivity contribution in [1.82, 2.24) is 4.90 Å². The minimum absolute atomic E-state index is 0.247. The molecule has 104 valence electrons. The number of hydrogen-bond acceptors (Lipinski definition) is 1. The number of hydrogen-bond donors (Lipinski definition) is 0. The highest BCUT2D eigenvalue weighted by Gasteiger charge is 2.33. The van der Waals surface area contributed by atoms with E-state index in [-0.39, 0.29) is 7.92 Å². The fourth-order valence-electron chi connectivity index (χ4n) is 3.10. The molecule has 0 spiro atoms. The molecule has 0 aromatic heterocycles. The zero-order valence-corrected chi connectivity index (χ0v) is 13.1. The summed E-state index contributed by atoms with van der Waals surface area (Å²) in [5.41, 5.74) is 0.773. The van der Waals surface area contributed by atoms with Gasteiger partial charge in [-0.1, -0.05) is 60.7 Å². The summed E-state index contributed by atoms with van der Waals surface area (Å²) in [4.78, 5) is 2.51. The Labute approximate surface area is 123 Å². The number of rotatable bonds is 3. The van der Waals surface area contributed by atoms with Crippen molar-refractivity contribution in [2.75, 3.05) is 13.6 Å². The van der Waals surface area contributed by atoms with Crippen LogP contribution < -0.4 is 10.6 Å². The number of likely N-dealkylation sites (tertiary alicyclic amines) is 1. The van der Waals surface area contributed by atoms with Crippen molar-refractivity contribution in [3.8, 4) is 0 Å². The Bertz CT molecular complexity index is 490. The zero-order chi connectivity index (χ0) is 13.9. The van der Waals surface area contributed by atoms with E-state index in [0.29, 0.717) is 6.04 Å². The molecule has 1 fully saturated rings. The lowest BCUT2D eigenvalue weighted by atomic mass is 10.2. The Hall–Kier alpha value is -1.17. The van der Waals surface area contributed by atoms with Crippen LogP contribution >= 0.6 is 7.92 Å². The van der Waals surface area contributed by atoms with Crippen molar-refractivity contribution >= 4 is 18.5 Å². The van der Waals surface area contributed by atoms with Crippen LogP contribution in [-0.2, 0) is 0 Å². The zero-order valence-electron chi connectivity index (χ0n) is 12.2. The van der Waals surface area contributed by atoms with Crippen molar-refractivity contribution in [2.45, 2.75) is 25.0 Å². The van der Waals surface area contributed by atoms with E-state index >= 15 is 0 Å². The SMILES string of the molecule is CC1CC(P(c2ccccc2)c2ccccc2)CN1C. The van der Waals surface area contributed by atoms with Gasteiger partial charge in [0, 0.05) is 18.2 Å². The second kappa shape index (κ2) is 6.08. The van der Waals surface area contributed by atoms with Crippen molar-refractivity contribution in [3.05, 3.63) is 60.7 Å². The lowest BCUT2D eigenvalue weighted by molar-refractivity contribution is 0.331. The molecule has 1 nitrogen and oxygen atoms in total. The highest BCUT2D eigenvalue weighted by Crippen LogP contribution is 2.44. The molecule has 1 aliphatic rings. The van der Waals surface area contributed by atoms with Gasteiger partial charge in [-0.15, -0.1) is 0 Å². The standard InChI is InChI=1S/C18H22NP/c1-15-13-18(14-19(15)2)20(16-9-5-3-6-10-16)17-11-7-4-8-12-17/h3-12,15,18H,13-14H2,1-2H3. The third-order valence-electron chi connectivity index (χ3n) is 4.30. The first-order valence-electron chi connectivity index (χ1n) is 7.35. The maximum Gasteiger partial charge on any atom is 0.00708 e. The van der Waals surface area contributed by atoms with Gasteiger partial charge in [0.25, 0.3) is 0 Å². The van der Waals surface area contributed by atoms with Gasteiger partial charge in [0.2, 0.25) is 0 Å². The molecule has 2 aromatic carbocycles. The molecule has 0 N–H and O–H groups in total. The smallest absolute Gasteiger partial charge is 0.00708 e. The average molecular weight is 283 g/mol. The highest BCUT2D eigenvalue weighted by atomic mass is 31.1. The van der Waals surface area contributed by atoms with Gasteiger partial charge in [0.1, 0.15) is 0 Å². The Kier molecular flexibility index (Phi) is 4.19. The van der Waals surface area contributed by atoms with Gasteiger partial charge >= 0.3 is 0 Å². The Balaban J connectivity index is 1.97. The summed E-state index contributed by atoms with van der Waals surface area (Å²) in [5, 5.41) is 3.03. The Morgan fingerprint density at radius 1 is 0.900 bits per heavy atom. The fraction of sp³-hybridized carbons (Fsp3) is 0.333. The normalized spacial score (nSPS) is 23.4. The molecule has 20 heavy (non-hydrogen) atoms. The van der Waals surface area contributed by atoms with Crippen LogP contribution in [0, 0.1) is 0 Å². The van der Waals surface area contributed by atoms with Crippen LogP contribution in [0.2, 0.25) is 0 Å². The molecular weight excluding hydrogens is 261 g/mol. The first-order chi connectivity index (χ1) is 9.75. The molecule has 1 aliphatic heterocycles. The van der Waals surface area contributed by atoms with E-state index in [9.17, 15) is 0 Å². The van der Waals surface area contributed by atoms with Crippen molar-refractivity contribution in [3.63, 3.8) is 0 Å². The Morgan fingerprint density at radius 3 is 1.80 bits per heavy atom. The quantitative estimate of drug-likeness (QED) is 0.782. The van der Waals surface area contributed by atoms with Crippen molar-refractivity contribution < 1.29 is 0 Å². The summed E-state index contributed by atoms with van der Waals surface area (Å²) < 4.78 is 0. The van der Waals surface area contributed by atoms with Gasteiger partial charge in [-0.3, -0.25) is 0 Å². The minimum atomic E-state index is -0.247. The minimum Gasteiger partial charge on any atom is -0.303 e. The summed E-state index contributed by atoms with van der Waals surface area (Å²) in [6.07, 6.45) is 1.31. The van der Waals surface area contributed by atoms with Crippen LogP contribution in [0.4, 0.5) is 0 Å². The maximum absolute atomic E-state index is 2.51. The first-order valence-corrected chi connectivity index (χ1v) is 8.76. The molecule has 2 aromatic rings. The molecule has 0 bridgehead atoms. The van der Waals surface area contributed by atoms with E-state index in [1.54, 1.807) is 0 Å². The second-order valence-electron chi connectivity index (χ2n) is 5.72. The molecule has 0 radical (unpaired) electrons. The van der Waals surface area contributed by atoms with Gasteiger partial charge in [0.05, 0.1) is 0 Å². The topological polar surface area (TPSA) is 3.24 Å². The van der Waals surface area contributed by atoms with Gasteiger partial charge in [-0.05, 0) is 38.9 Å².